The molecule has 102 valence electrons. The molecule has 0 aliphatic carbocycles. The molecule has 2 aromatic rings. The van der Waals surface area contributed by atoms with Crippen LogP contribution >= 0.6 is 12.4 Å². The lowest BCUT2D eigenvalue weighted by Gasteiger charge is -2.30. The van der Waals surface area contributed by atoms with Crippen molar-refractivity contribution in [1.82, 2.24) is 15.1 Å². The SMILES string of the molecule is Cl.NC1CCCN(C(=O)c2n[nH]c3ccccc23)C1. The number of fused-ring (bicyclic) bond motifs is 1. The van der Waals surface area contributed by atoms with Crippen LogP contribution in [0.15, 0.2) is 24.3 Å². The van der Waals surface area contributed by atoms with Crippen LogP contribution in [0.4, 0.5) is 0 Å². The molecule has 3 N–H and O–H groups in total. The van der Waals surface area contributed by atoms with E-state index in [-0.39, 0.29) is 24.4 Å². The fourth-order valence-electron chi connectivity index (χ4n) is 2.47. The predicted octanol–water partition coefficient (Wildman–Crippen LogP) is 1.55. The molecule has 0 bridgehead atoms. The number of amides is 1. The van der Waals surface area contributed by atoms with Crippen LogP contribution in [0.2, 0.25) is 0 Å². The van der Waals surface area contributed by atoms with Gasteiger partial charge in [-0.05, 0) is 18.9 Å². The van der Waals surface area contributed by atoms with Gasteiger partial charge in [-0.3, -0.25) is 9.89 Å². The summed E-state index contributed by atoms with van der Waals surface area (Å²) in [5.41, 5.74) is 7.30. The molecule has 19 heavy (non-hydrogen) atoms. The first-order valence-corrected chi connectivity index (χ1v) is 6.23. The molecule has 3 rings (SSSR count). The fraction of sp³-hybridized carbons (Fsp3) is 0.385. The Morgan fingerprint density at radius 1 is 1.42 bits per heavy atom. The summed E-state index contributed by atoms with van der Waals surface area (Å²) < 4.78 is 0. The van der Waals surface area contributed by atoms with E-state index in [1.165, 1.54) is 0 Å². The highest BCUT2D eigenvalue weighted by Crippen LogP contribution is 2.18. The molecule has 0 saturated carbocycles. The number of halogens is 1. The predicted molar refractivity (Wildman–Crippen MR) is 76.5 cm³/mol. The number of nitrogens with one attached hydrogen (secondary N) is 1. The number of para-hydroxylation sites is 1. The van der Waals surface area contributed by atoms with Gasteiger partial charge in [0.1, 0.15) is 0 Å². The van der Waals surface area contributed by atoms with Crippen molar-refractivity contribution in [1.29, 1.82) is 0 Å². The average Bonchev–Trinajstić information content (AvgIpc) is 2.82. The number of nitrogens with zero attached hydrogens (tertiary/aromatic N) is 2. The summed E-state index contributed by atoms with van der Waals surface area (Å²) in [7, 11) is 0. The number of carbonyl (C=O) groups excluding carboxylic acids is 1. The Morgan fingerprint density at radius 3 is 3.00 bits per heavy atom. The summed E-state index contributed by atoms with van der Waals surface area (Å²) >= 11 is 0. The number of rotatable bonds is 1. The average molecular weight is 281 g/mol. The molecule has 1 aliphatic rings. The second kappa shape index (κ2) is 5.59. The van der Waals surface area contributed by atoms with E-state index in [0.717, 1.165) is 30.3 Å². The highest BCUT2D eigenvalue weighted by molar-refractivity contribution is 6.04. The van der Waals surface area contributed by atoms with E-state index in [1.807, 2.05) is 24.3 Å². The van der Waals surface area contributed by atoms with Crippen LogP contribution in [0.1, 0.15) is 23.3 Å². The largest absolute Gasteiger partial charge is 0.336 e. The summed E-state index contributed by atoms with van der Waals surface area (Å²) in [5.74, 6) is -0.0254. The van der Waals surface area contributed by atoms with Gasteiger partial charge < -0.3 is 10.6 Å². The molecule has 6 heteroatoms. The van der Waals surface area contributed by atoms with Crippen molar-refractivity contribution in [2.45, 2.75) is 18.9 Å². The molecule has 0 spiro atoms. The van der Waals surface area contributed by atoms with Gasteiger partial charge in [0.2, 0.25) is 0 Å². The Hall–Kier alpha value is -1.59. The Kier molecular flexibility index (Phi) is 4.07. The third kappa shape index (κ3) is 2.57. The van der Waals surface area contributed by atoms with Gasteiger partial charge in [-0.15, -0.1) is 12.4 Å². The molecule has 1 aliphatic heterocycles. The number of hydrogen-bond donors (Lipinski definition) is 2. The second-order valence-corrected chi connectivity index (χ2v) is 4.77. The molecule has 5 nitrogen and oxygen atoms in total. The third-order valence-corrected chi connectivity index (χ3v) is 3.42. The first kappa shape index (κ1) is 13.8. The van der Waals surface area contributed by atoms with Crippen LogP contribution in [-0.2, 0) is 0 Å². The first-order valence-electron chi connectivity index (χ1n) is 6.23. The number of aromatic amines is 1. The fourth-order valence-corrected chi connectivity index (χ4v) is 2.47. The summed E-state index contributed by atoms with van der Waals surface area (Å²) in [4.78, 5) is 14.2. The van der Waals surface area contributed by atoms with Crippen molar-refractivity contribution < 1.29 is 4.79 Å². The molecule has 1 unspecified atom stereocenters. The van der Waals surface area contributed by atoms with E-state index < -0.39 is 0 Å². The maximum atomic E-state index is 12.4. The molecule has 2 heterocycles. The van der Waals surface area contributed by atoms with Crippen LogP contribution in [0.25, 0.3) is 10.9 Å². The zero-order valence-corrected chi connectivity index (χ0v) is 11.3. The molecule has 1 atom stereocenters. The van der Waals surface area contributed by atoms with Crippen molar-refractivity contribution in [3.8, 4) is 0 Å². The third-order valence-electron chi connectivity index (χ3n) is 3.42. The van der Waals surface area contributed by atoms with Crippen molar-refractivity contribution in [3.05, 3.63) is 30.0 Å². The van der Waals surface area contributed by atoms with Gasteiger partial charge in [0.25, 0.3) is 5.91 Å². The summed E-state index contributed by atoms with van der Waals surface area (Å²) in [6, 6.07) is 7.76. The standard InChI is InChI=1S/C13H16N4O.ClH/c14-9-4-3-7-17(8-9)13(18)12-10-5-1-2-6-11(10)15-16-12;/h1-2,5-6,9H,3-4,7-8,14H2,(H,15,16);1H. The summed E-state index contributed by atoms with van der Waals surface area (Å²) in [6.45, 7) is 1.40. The summed E-state index contributed by atoms with van der Waals surface area (Å²) in [6.07, 6.45) is 1.96. The van der Waals surface area contributed by atoms with Crippen molar-refractivity contribution in [3.63, 3.8) is 0 Å². The maximum Gasteiger partial charge on any atom is 0.275 e. The topological polar surface area (TPSA) is 75.0 Å². The number of piperidine rings is 1. The van der Waals surface area contributed by atoms with Crippen LogP contribution in [-0.4, -0.2) is 40.1 Å². The Morgan fingerprint density at radius 2 is 2.21 bits per heavy atom. The highest BCUT2D eigenvalue weighted by atomic mass is 35.5. The smallest absolute Gasteiger partial charge is 0.275 e. The minimum absolute atomic E-state index is 0. The van der Waals surface area contributed by atoms with E-state index in [4.69, 9.17) is 5.73 Å². The number of H-pyrrole nitrogens is 1. The quantitative estimate of drug-likeness (QED) is 0.832. The Labute approximate surface area is 117 Å². The zero-order valence-electron chi connectivity index (χ0n) is 10.5. The maximum absolute atomic E-state index is 12.4. The Bertz CT molecular complexity index is 583. The number of likely N-dealkylation sites (tertiary alicyclic amines) is 1. The molecule has 1 saturated heterocycles. The molecule has 1 amide bonds. The van der Waals surface area contributed by atoms with E-state index in [9.17, 15) is 4.79 Å². The number of hydrogen-bond acceptors (Lipinski definition) is 3. The van der Waals surface area contributed by atoms with Crippen LogP contribution in [0.3, 0.4) is 0 Å². The molecular weight excluding hydrogens is 264 g/mol. The van der Waals surface area contributed by atoms with E-state index in [1.54, 1.807) is 4.90 Å². The van der Waals surface area contributed by atoms with Gasteiger partial charge in [0.15, 0.2) is 5.69 Å². The van der Waals surface area contributed by atoms with Gasteiger partial charge >= 0.3 is 0 Å². The van der Waals surface area contributed by atoms with Crippen LogP contribution in [0, 0.1) is 0 Å². The first-order chi connectivity index (χ1) is 8.75. The lowest BCUT2D eigenvalue weighted by molar-refractivity contribution is 0.0705. The molecular formula is C13H17ClN4O. The Balaban J connectivity index is 0.00000133. The minimum Gasteiger partial charge on any atom is -0.336 e. The number of aromatic nitrogens is 2. The normalized spacial score (nSPS) is 19.2. The van der Waals surface area contributed by atoms with Crippen LogP contribution < -0.4 is 5.73 Å². The van der Waals surface area contributed by atoms with Gasteiger partial charge in [-0.1, -0.05) is 18.2 Å². The van der Waals surface area contributed by atoms with Gasteiger partial charge in [-0.2, -0.15) is 5.10 Å². The molecule has 1 aromatic heterocycles. The number of benzene rings is 1. The van der Waals surface area contributed by atoms with Crippen LogP contribution in [0.5, 0.6) is 0 Å². The summed E-state index contributed by atoms with van der Waals surface area (Å²) in [5, 5.41) is 7.91. The monoisotopic (exact) mass is 280 g/mol. The zero-order chi connectivity index (χ0) is 12.5. The second-order valence-electron chi connectivity index (χ2n) is 4.77. The molecule has 1 fully saturated rings. The molecule has 0 radical (unpaired) electrons. The van der Waals surface area contributed by atoms with E-state index >= 15 is 0 Å². The highest BCUT2D eigenvalue weighted by Gasteiger charge is 2.25. The number of carbonyl (C=O) groups is 1. The van der Waals surface area contributed by atoms with Crippen molar-refractivity contribution in [2.75, 3.05) is 13.1 Å². The van der Waals surface area contributed by atoms with Gasteiger partial charge in [0, 0.05) is 24.5 Å². The van der Waals surface area contributed by atoms with Crippen molar-refractivity contribution in [2.24, 2.45) is 5.73 Å². The van der Waals surface area contributed by atoms with Gasteiger partial charge in [0.05, 0.1) is 5.52 Å². The van der Waals surface area contributed by atoms with E-state index in [0.29, 0.717) is 12.2 Å². The number of nitrogens with two attached hydrogens (primary N) is 1. The lowest BCUT2D eigenvalue weighted by atomic mass is 10.1. The molecule has 1 aromatic carbocycles. The lowest BCUT2D eigenvalue weighted by Crippen LogP contribution is -2.45. The van der Waals surface area contributed by atoms with E-state index in [2.05, 4.69) is 10.2 Å². The van der Waals surface area contributed by atoms with Crippen molar-refractivity contribution >= 4 is 29.2 Å². The van der Waals surface area contributed by atoms with Gasteiger partial charge in [-0.25, -0.2) is 0 Å². The minimum atomic E-state index is -0.0254.